The molecule has 0 radical (unpaired) electrons. The van der Waals surface area contributed by atoms with Gasteiger partial charge in [-0.15, -0.1) is 10.2 Å². The largest absolute Gasteiger partial charge is 0.493 e. The lowest BCUT2D eigenvalue weighted by atomic mass is 10.2. The van der Waals surface area contributed by atoms with E-state index in [2.05, 4.69) is 22.0 Å². The zero-order valence-corrected chi connectivity index (χ0v) is 17.4. The quantitative estimate of drug-likeness (QED) is 0.411. The van der Waals surface area contributed by atoms with Gasteiger partial charge < -0.3 is 4.74 Å². The van der Waals surface area contributed by atoms with E-state index in [1.807, 2.05) is 49.9 Å². The number of aryl methyl sites for hydroxylation is 1. The van der Waals surface area contributed by atoms with Gasteiger partial charge in [0.25, 0.3) is 0 Å². The third kappa shape index (κ3) is 4.91. The predicted molar refractivity (Wildman–Crippen MR) is 111 cm³/mol. The van der Waals surface area contributed by atoms with Crippen molar-refractivity contribution in [2.45, 2.75) is 25.0 Å². The Balaban J connectivity index is 1.74. The second-order valence-electron chi connectivity index (χ2n) is 6.80. The van der Waals surface area contributed by atoms with Crippen molar-refractivity contribution < 1.29 is 9.13 Å². The van der Waals surface area contributed by atoms with Gasteiger partial charge in [0, 0.05) is 11.4 Å². The minimum absolute atomic E-state index is 0.0655. The highest BCUT2D eigenvalue weighted by Crippen LogP contribution is 2.27. The molecule has 1 atom stereocenters. The van der Waals surface area contributed by atoms with Gasteiger partial charge in [-0.1, -0.05) is 29.5 Å². The summed E-state index contributed by atoms with van der Waals surface area (Å²) in [6.07, 6.45) is 0. The molecule has 0 aliphatic carbocycles. The summed E-state index contributed by atoms with van der Waals surface area (Å²) in [5.74, 6) is 2.13. The summed E-state index contributed by atoms with van der Waals surface area (Å²) >= 11 is 1.57. The Morgan fingerprint density at radius 2 is 1.75 bits per heavy atom. The number of rotatable bonds is 8. The fourth-order valence-corrected chi connectivity index (χ4v) is 3.41. The van der Waals surface area contributed by atoms with Crippen molar-refractivity contribution in [2.75, 3.05) is 26.5 Å². The van der Waals surface area contributed by atoms with Crippen molar-refractivity contribution in [3.8, 4) is 11.4 Å². The number of hydrogen-bond donors (Lipinski definition) is 0. The van der Waals surface area contributed by atoms with Crippen LogP contribution in [0.2, 0.25) is 0 Å². The van der Waals surface area contributed by atoms with Gasteiger partial charge in [-0.3, -0.25) is 9.47 Å². The summed E-state index contributed by atoms with van der Waals surface area (Å²) in [5.41, 5.74) is 2.05. The summed E-state index contributed by atoms with van der Waals surface area (Å²) in [6.45, 7) is 4.68. The van der Waals surface area contributed by atoms with Crippen molar-refractivity contribution in [1.29, 1.82) is 0 Å². The molecule has 3 rings (SSSR count). The first-order valence-corrected chi connectivity index (χ1v) is 10.1. The number of halogens is 1. The van der Waals surface area contributed by atoms with Crippen LogP contribution in [0.5, 0.6) is 5.75 Å². The van der Waals surface area contributed by atoms with Crippen LogP contribution in [0.4, 0.5) is 4.39 Å². The zero-order valence-electron chi connectivity index (χ0n) is 16.6. The van der Waals surface area contributed by atoms with Crippen molar-refractivity contribution in [2.24, 2.45) is 0 Å². The molecule has 0 N–H and O–H groups in total. The fourth-order valence-electron chi connectivity index (χ4n) is 2.64. The summed E-state index contributed by atoms with van der Waals surface area (Å²) in [6, 6.07) is 14.5. The van der Waals surface area contributed by atoms with E-state index in [-0.39, 0.29) is 11.9 Å². The van der Waals surface area contributed by atoms with Gasteiger partial charge in [0.15, 0.2) is 11.0 Å². The smallest absolute Gasteiger partial charge is 0.196 e. The lowest BCUT2D eigenvalue weighted by molar-refractivity contribution is 0.305. The third-order valence-corrected chi connectivity index (χ3v) is 5.39. The van der Waals surface area contributed by atoms with Gasteiger partial charge in [-0.25, -0.2) is 4.39 Å². The maximum absolute atomic E-state index is 13.4. The lowest BCUT2D eigenvalue weighted by Gasteiger charge is -2.20. The molecule has 0 aliphatic rings. The molecule has 0 fully saturated rings. The molecule has 0 aliphatic heterocycles. The van der Waals surface area contributed by atoms with Gasteiger partial charge in [-0.2, -0.15) is 0 Å². The molecular formula is C21H25FN4OS. The van der Waals surface area contributed by atoms with E-state index in [1.54, 1.807) is 23.9 Å². The first-order chi connectivity index (χ1) is 13.5. The van der Waals surface area contributed by atoms with Gasteiger partial charge in [0.2, 0.25) is 0 Å². The monoisotopic (exact) mass is 400 g/mol. The molecule has 0 bridgehead atoms. The highest BCUT2D eigenvalue weighted by Gasteiger charge is 2.20. The molecule has 0 amide bonds. The Morgan fingerprint density at radius 1 is 1.07 bits per heavy atom. The molecule has 1 unspecified atom stereocenters. The predicted octanol–water partition coefficient (Wildman–Crippen LogP) is 4.51. The molecule has 3 aromatic rings. The molecule has 1 aromatic heterocycles. The first-order valence-electron chi connectivity index (χ1n) is 9.15. The van der Waals surface area contributed by atoms with E-state index in [1.165, 1.54) is 17.7 Å². The number of benzene rings is 2. The standard InChI is InChI=1S/C21H25FN4OS/c1-15-5-11-19(12-6-15)27-13-14-28-21-24-23-20(16(2)25(3)4)26(21)18-9-7-17(22)8-10-18/h5-12,16H,13-14H2,1-4H3. The van der Waals surface area contributed by atoms with Crippen LogP contribution < -0.4 is 4.74 Å². The molecular weight excluding hydrogens is 375 g/mol. The van der Waals surface area contributed by atoms with Crippen LogP contribution in [-0.4, -0.2) is 46.1 Å². The Hall–Kier alpha value is -2.38. The minimum atomic E-state index is -0.264. The van der Waals surface area contributed by atoms with Crippen LogP contribution in [0.25, 0.3) is 5.69 Å². The molecule has 148 valence electrons. The molecule has 0 saturated heterocycles. The van der Waals surface area contributed by atoms with Crippen LogP contribution in [0.15, 0.2) is 53.7 Å². The topological polar surface area (TPSA) is 43.2 Å². The number of hydrogen-bond acceptors (Lipinski definition) is 5. The van der Waals surface area contributed by atoms with E-state index >= 15 is 0 Å². The van der Waals surface area contributed by atoms with Crippen LogP contribution >= 0.6 is 11.8 Å². The van der Waals surface area contributed by atoms with E-state index in [9.17, 15) is 4.39 Å². The Bertz CT molecular complexity index is 894. The summed E-state index contributed by atoms with van der Waals surface area (Å²) in [5, 5.41) is 9.54. The average molecular weight is 401 g/mol. The van der Waals surface area contributed by atoms with Gasteiger partial charge in [0.05, 0.1) is 12.6 Å². The summed E-state index contributed by atoms with van der Waals surface area (Å²) < 4.78 is 21.2. The Kier molecular flexibility index (Phi) is 6.70. The summed E-state index contributed by atoms with van der Waals surface area (Å²) in [7, 11) is 3.99. The summed E-state index contributed by atoms with van der Waals surface area (Å²) in [4.78, 5) is 2.07. The molecule has 7 heteroatoms. The van der Waals surface area contributed by atoms with Crippen LogP contribution in [0.1, 0.15) is 24.4 Å². The first kappa shape index (κ1) is 20.4. The fraction of sp³-hybridized carbons (Fsp3) is 0.333. The second-order valence-corrected chi connectivity index (χ2v) is 7.86. The Labute approximate surface area is 169 Å². The van der Waals surface area contributed by atoms with Gasteiger partial charge in [-0.05, 0) is 64.3 Å². The maximum Gasteiger partial charge on any atom is 0.196 e. The minimum Gasteiger partial charge on any atom is -0.493 e. The number of aromatic nitrogens is 3. The third-order valence-electron chi connectivity index (χ3n) is 4.50. The SMILES string of the molecule is Cc1ccc(OCCSc2nnc(C(C)N(C)C)n2-c2ccc(F)cc2)cc1. The number of thioether (sulfide) groups is 1. The van der Waals surface area contributed by atoms with Crippen LogP contribution in [0, 0.1) is 12.7 Å². The average Bonchev–Trinajstić information content (AvgIpc) is 3.10. The second kappa shape index (κ2) is 9.21. The van der Waals surface area contributed by atoms with E-state index < -0.39 is 0 Å². The highest BCUT2D eigenvalue weighted by molar-refractivity contribution is 7.99. The van der Waals surface area contributed by atoms with Crippen molar-refractivity contribution in [1.82, 2.24) is 19.7 Å². The Morgan fingerprint density at radius 3 is 2.39 bits per heavy atom. The van der Waals surface area contributed by atoms with E-state index in [0.29, 0.717) is 6.61 Å². The van der Waals surface area contributed by atoms with Crippen molar-refractivity contribution in [3.63, 3.8) is 0 Å². The normalized spacial score (nSPS) is 12.4. The van der Waals surface area contributed by atoms with Crippen molar-refractivity contribution in [3.05, 3.63) is 65.7 Å². The number of ether oxygens (including phenoxy) is 1. The molecule has 0 saturated carbocycles. The van der Waals surface area contributed by atoms with Crippen molar-refractivity contribution >= 4 is 11.8 Å². The molecule has 5 nitrogen and oxygen atoms in total. The van der Waals surface area contributed by atoms with Crippen LogP contribution in [0.3, 0.4) is 0 Å². The van der Waals surface area contributed by atoms with Gasteiger partial charge in [0.1, 0.15) is 11.6 Å². The van der Waals surface area contributed by atoms with E-state index in [4.69, 9.17) is 4.74 Å². The van der Waals surface area contributed by atoms with Crippen LogP contribution in [-0.2, 0) is 0 Å². The molecule has 2 aromatic carbocycles. The zero-order chi connectivity index (χ0) is 20.1. The van der Waals surface area contributed by atoms with Gasteiger partial charge >= 0.3 is 0 Å². The lowest BCUT2D eigenvalue weighted by Crippen LogP contribution is -2.20. The number of nitrogens with zero attached hydrogens (tertiary/aromatic N) is 4. The molecule has 0 spiro atoms. The maximum atomic E-state index is 13.4. The highest BCUT2D eigenvalue weighted by atomic mass is 32.2. The molecule has 1 heterocycles. The molecule has 28 heavy (non-hydrogen) atoms. The van der Waals surface area contributed by atoms with E-state index in [0.717, 1.165) is 28.2 Å².